The first-order chi connectivity index (χ1) is 13.6. The van der Waals surface area contributed by atoms with Gasteiger partial charge in [0, 0.05) is 17.2 Å². The van der Waals surface area contributed by atoms with Crippen molar-refractivity contribution in [1.82, 2.24) is 5.32 Å². The van der Waals surface area contributed by atoms with Crippen LogP contribution in [0.5, 0.6) is 0 Å². The third kappa shape index (κ3) is 4.68. The Kier molecular flexibility index (Phi) is 6.98. The van der Waals surface area contributed by atoms with Gasteiger partial charge in [-0.1, -0.05) is 61.9 Å². The van der Waals surface area contributed by atoms with E-state index in [0.717, 1.165) is 35.3 Å². The molecule has 0 aromatic heterocycles. The van der Waals surface area contributed by atoms with Crippen LogP contribution in [0.25, 0.3) is 5.57 Å². The summed E-state index contributed by atoms with van der Waals surface area (Å²) in [5.41, 5.74) is 4.38. The van der Waals surface area contributed by atoms with Crippen LogP contribution in [0.2, 0.25) is 0 Å². The molecule has 0 radical (unpaired) electrons. The van der Waals surface area contributed by atoms with Crippen molar-refractivity contribution >= 4 is 29.4 Å². The largest absolute Gasteiger partial charge is 0.480 e. The van der Waals surface area contributed by atoms with Crippen LogP contribution < -0.4 is 5.32 Å². The summed E-state index contributed by atoms with van der Waals surface area (Å²) in [6.45, 7) is 2.20. The molecule has 3 rings (SSSR count). The topological polar surface area (TPSA) is 75.6 Å². The number of thioether (sulfide) groups is 1. The molecule has 28 heavy (non-hydrogen) atoms. The molecular formula is C22H25NO4S. The first kappa shape index (κ1) is 20.3. The molecule has 0 fully saturated rings. The van der Waals surface area contributed by atoms with Crippen molar-refractivity contribution in [3.63, 3.8) is 0 Å². The van der Waals surface area contributed by atoms with Crippen molar-refractivity contribution in [1.29, 1.82) is 0 Å². The molecule has 0 heterocycles. The zero-order chi connectivity index (χ0) is 19.9. The number of nitrogens with one attached hydrogen (secondary N) is 1. The van der Waals surface area contributed by atoms with Gasteiger partial charge < -0.3 is 15.2 Å². The molecule has 0 saturated heterocycles. The van der Waals surface area contributed by atoms with Crippen LogP contribution in [-0.4, -0.2) is 41.3 Å². The number of unbranched alkanes of at least 4 members (excludes halogenated alkanes) is 1. The Morgan fingerprint density at radius 1 is 1.29 bits per heavy atom. The van der Waals surface area contributed by atoms with E-state index in [1.54, 1.807) is 0 Å². The SMILES string of the molecule is CCCCSC[C@H](NC(=O)OCC1=C2C=CC=CC2c2ccccc21)C(=O)O. The summed E-state index contributed by atoms with van der Waals surface area (Å²) in [5, 5.41) is 11.8. The second-order valence-corrected chi connectivity index (χ2v) is 7.93. The van der Waals surface area contributed by atoms with E-state index in [0.29, 0.717) is 5.75 Å². The second-order valence-electron chi connectivity index (χ2n) is 6.78. The van der Waals surface area contributed by atoms with Crippen molar-refractivity contribution in [2.75, 3.05) is 18.1 Å². The van der Waals surface area contributed by atoms with Crippen LogP contribution >= 0.6 is 11.8 Å². The van der Waals surface area contributed by atoms with Crippen LogP contribution in [0.15, 0.2) is 54.1 Å². The molecule has 6 heteroatoms. The van der Waals surface area contributed by atoms with Crippen molar-refractivity contribution in [3.8, 4) is 0 Å². The number of carboxylic acids is 1. The van der Waals surface area contributed by atoms with Gasteiger partial charge in [0.05, 0.1) is 0 Å². The van der Waals surface area contributed by atoms with Crippen molar-refractivity contribution in [2.45, 2.75) is 31.7 Å². The van der Waals surface area contributed by atoms with Crippen LogP contribution in [-0.2, 0) is 9.53 Å². The summed E-state index contributed by atoms with van der Waals surface area (Å²) in [6, 6.07) is 7.15. The van der Waals surface area contributed by atoms with Gasteiger partial charge in [0.15, 0.2) is 0 Å². The number of hydrogen-bond acceptors (Lipinski definition) is 4. The van der Waals surface area contributed by atoms with Gasteiger partial charge in [-0.2, -0.15) is 11.8 Å². The number of fused-ring (bicyclic) bond motifs is 3. The van der Waals surface area contributed by atoms with E-state index >= 15 is 0 Å². The van der Waals surface area contributed by atoms with E-state index in [9.17, 15) is 14.7 Å². The molecule has 1 unspecified atom stereocenters. The minimum atomic E-state index is -1.05. The number of alkyl carbamates (subject to hydrolysis) is 1. The van der Waals surface area contributed by atoms with Gasteiger partial charge in [0.2, 0.25) is 0 Å². The third-order valence-electron chi connectivity index (χ3n) is 4.86. The lowest BCUT2D eigenvalue weighted by Crippen LogP contribution is -2.43. The number of allylic oxidation sites excluding steroid dienone is 5. The highest BCUT2D eigenvalue weighted by Crippen LogP contribution is 2.44. The van der Waals surface area contributed by atoms with Crippen molar-refractivity contribution in [2.24, 2.45) is 0 Å². The molecule has 0 spiro atoms. The molecule has 2 aliphatic carbocycles. The summed E-state index contributed by atoms with van der Waals surface area (Å²) in [6.07, 6.45) is 9.57. The lowest BCUT2D eigenvalue weighted by atomic mass is 9.92. The Morgan fingerprint density at radius 3 is 2.89 bits per heavy atom. The molecule has 148 valence electrons. The zero-order valence-corrected chi connectivity index (χ0v) is 16.7. The predicted octanol–water partition coefficient (Wildman–Crippen LogP) is 4.38. The average molecular weight is 400 g/mol. The third-order valence-corrected chi connectivity index (χ3v) is 6.01. The van der Waals surface area contributed by atoms with E-state index in [1.807, 2.05) is 36.4 Å². The normalized spacial score (nSPS) is 17.8. The summed E-state index contributed by atoms with van der Waals surface area (Å²) in [4.78, 5) is 23.6. The van der Waals surface area contributed by atoms with E-state index < -0.39 is 18.1 Å². The Bertz CT molecular complexity index is 828. The van der Waals surface area contributed by atoms with Gasteiger partial charge in [-0.15, -0.1) is 0 Å². The Morgan fingerprint density at radius 2 is 2.11 bits per heavy atom. The first-order valence-electron chi connectivity index (χ1n) is 9.52. The molecule has 1 aromatic carbocycles. The number of hydrogen-bond donors (Lipinski definition) is 2. The molecule has 2 atom stereocenters. The number of benzene rings is 1. The number of aliphatic carboxylic acids is 1. The number of carboxylic acid groups (broad SMARTS) is 1. The molecule has 1 amide bonds. The molecular weight excluding hydrogens is 374 g/mol. The minimum absolute atomic E-state index is 0.113. The van der Waals surface area contributed by atoms with Gasteiger partial charge in [-0.3, -0.25) is 0 Å². The summed E-state index contributed by atoms with van der Waals surface area (Å²) in [7, 11) is 0. The smallest absolute Gasteiger partial charge is 0.408 e. The predicted molar refractivity (Wildman–Crippen MR) is 113 cm³/mol. The monoisotopic (exact) mass is 399 g/mol. The highest BCUT2D eigenvalue weighted by atomic mass is 32.2. The van der Waals surface area contributed by atoms with Gasteiger partial charge in [-0.05, 0) is 28.9 Å². The number of carbonyl (C=O) groups is 2. The van der Waals surface area contributed by atoms with Crippen LogP contribution in [0.1, 0.15) is 36.8 Å². The standard InChI is InChI=1S/C22H25NO4S/c1-2-3-12-28-14-20(21(24)25)23-22(26)27-13-19-17-10-6-4-8-15(17)16-9-5-7-11-18(16)19/h4-11,15,20H,2-3,12-14H2,1H3,(H,23,26)(H,24,25)/t15?,20-/m0/s1. The Hall–Kier alpha value is -2.47. The average Bonchev–Trinajstić information content (AvgIpc) is 3.02. The molecule has 1 aromatic rings. The maximum atomic E-state index is 12.2. The minimum Gasteiger partial charge on any atom is -0.480 e. The molecule has 5 nitrogen and oxygen atoms in total. The molecule has 0 bridgehead atoms. The number of amides is 1. The second kappa shape index (κ2) is 9.64. The van der Waals surface area contributed by atoms with Crippen molar-refractivity contribution < 1.29 is 19.4 Å². The maximum absolute atomic E-state index is 12.2. The first-order valence-corrected chi connectivity index (χ1v) is 10.7. The summed E-state index contributed by atoms with van der Waals surface area (Å²) in [5.74, 6) is 0.349. The highest BCUT2D eigenvalue weighted by molar-refractivity contribution is 7.99. The molecule has 0 saturated carbocycles. The van der Waals surface area contributed by atoms with Gasteiger partial charge >= 0.3 is 12.1 Å². The number of carbonyl (C=O) groups excluding carboxylic acids is 1. The Balaban J connectivity index is 1.61. The van der Waals surface area contributed by atoms with Gasteiger partial charge in [0.1, 0.15) is 12.6 Å². The fraction of sp³-hybridized carbons (Fsp3) is 0.364. The van der Waals surface area contributed by atoms with Gasteiger partial charge in [-0.25, -0.2) is 9.59 Å². The lowest BCUT2D eigenvalue weighted by molar-refractivity contribution is -0.138. The number of rotatable bonds is 9. The molecule has 2 N–H and O–H groups in total. The van der Waals surface area contributed by atoms with E-state index in [2.05, 4.69) is 24.4 Å². The molecule has 2 aliphatic rings. The van der Waals surface area contributed by atoms with Gasteiger partial charge in [0.25, 0.3) is 0 Å². The lowest BCUT2D eigenvalue weighted by Gasteiger charge is -2.15. The number of ether oxygens (including phenoxy) is 1. The van der Waals surface area contributed by atoms with E-state index in [1.165, 1.54) is 17.3 Å². The fourth-order valence-corrected chi connectivity index (χ4v) is 4.53. The summed E-state index contributed by atoms with van der Waals surface area (Å²) < 4.78 is 5.40. The zero-order valence-electron chi connectivity index (χ0n) is 15.9. The Labute approximate surface area is 169 Å². The quantitative estimate of drug-likeness (QED) is 0.603. The summed E-state index contributed by atoms with van der Waals surface area (Å²) >= 11 is 1.53. The maximum Gasteiger partial charge on any atom is 0.408 e. The van der Waals surface area contributed by atoms with E-state index in [4.69, 9.17) is 4.74 Å². The van der Waals surface area contributed by atoms with E-state index in [-0.39, 0.29) is 12.5 Å². The van der Waals surface area contributed by atoms with Crippen molar-refractivity contribution in [3.05, 3.63) is 65.3 Å². The van der Waals surface area contributed by atoms with Crippen LogP contribution in [0.3, 0.4) is 0 Å². The molecule has 0 aliphatic heterocycles. The van der Waals surface area contributed by atoms with Crippen LogP contribution in [0, 0.1) is 0 Å². The fourth-order valence-electron chi connectivity index (χ4n) is 3.40. The highest BCUT2D eigenvalue weighted by Gasteiger charge is 2.29. The van der Waals surface area contributed by atoms with Crippen LogP contribution in [0.4, 0.5) is 4.79 Å².